The first kappa shape index (κ1) is 17.7. The number of carboxylic acid groups (broad SMARTS) is 1. The predicted molar refractivity (Wildman–Crippen MR) is 101 cm³/mol. The van der Waals surface area contributed by atoms with E-state index in [4.69, 9.17) is 18.9 Å². The highest BCUT2D eigenvalue weighted by Crippen LogP contribution is 2.40. The van der Waals surface area contributed by atoms with Crippen LogP contribution in [0.2, 0.25) is 0 Å². The molecular weight excluding hydrogens is 360 g/mol. The molecule has 2 unspecified atom stereocenters. The van der Waals surface area contributed by atoms with Gasteiger partial charge < -0.3 is 24.1 Å². The van der Waals surface area contributed by atoms with Crippen molar-refractivity contribution in [2.45, 2.75) is 12.2 Å². The van der Waals surface area contributed by atoms with Crippen LogP contribution >= 0.6 is 0 Å². The minimum absolute atomic E-state index is 0.419. The summed E-state index contributed by atoms with van der Waals surface area (Å²) < 4.78 is 22.7. The first-order valence-electron chi connectivity index (χ1n) is 8.71. The number of fused-ring (bicyclic) bond motifs is 1. The topological polar surface area (TPSA) is 74.2 Å². The number of benzene rings is 3. The zero-order valence-electron chi connectivity index (χ0n) is 15.1. The van der Waals surface area contributed by atoms with Crippen LogP contribution < -0.4 is 18.9 Å². The molecular formula is C22H18O6. The monoisotopic (exact) mass is 378 g/mol. The van der Waals surface area contributed by atoms with E-state index in [0.717, 1.165) is 0 Å². The van der Waals surface area contributed by atoms with E-state index in [9.17, 15) is 9.90 Å². The fraction of sp³-hybridized carbons (Fsp3) is 0.136. The molecule has 0 saturated heterocycles. The second kappa shape index (κ2) is 7.52. The average Bonchev–Trinajstić information content (AvgIpc) is 2.73. The molecule has 0 radical (unpaired) electrons. The number of hydrogen-bond donors (Lipinski definition) is 1. The van der Waals surface area contributed by atoms with Crippen molar-refractivity contribution in [1.29, 1.82) is 0 Å². The molecule has 4 rings (SSSR count). The lowest BCUT2D eigenvalue weighted by atomic mass is 10.0. The number of methoxy groups -OCH3 is 1. The third-order valence-electron chi connectivity index (χ3n) is 4.38. The van der Waals surface area contributed by atoms with Crippen LogP contribution in [-0.2, 0) is 4.79 Å². The van der Waals surface area contributed by atoms with Gasteiger partial charge in [0.15, 0.2) is 29.1 Å². The SMILES string of the molecule is COc1ccccc1Oc1ccc(C2Oc3ccccc3OC2C(=O)O)cc1. The molecule has 6 nitrogen and oxygen atoms in total. The number of aliphatic carboxylic acids is 1. The number of carboxylic acids is 1. The number of hydrogen-bond acceptors (Lipinski definition) is 5. The second-order valence-electron chi connectivity index (χ2n) is 6.18. The largest absolute Gasteiger partial charge is 0.493 e. The van der Waals surface area contributed by atoms with Crippen molar-refractivity contribution in [1.82, 2.24) is 0 Å². The smallest absolute Gasteiger partial charge is 0.349 e. The summed E-state index contributed by atoms with van der Waals surface area (Å²) in [4.78, 5) is 11.7. The molecule has 2 atom stereocenters. The van der Waals surface area contributed by atoms with Crippen LogP contribution in [0.4, 0.5) is 0 Å². The standard InChI is InChI=1S/C22H18O6/c1-25-16-6-2-3-7-17(16)26-15-12-10-14(11-13-15)20-21(22(23)24)28-19-9-5-4-8-18(19)27-20/h2-13,20-21H,1H3,(H,23,24). The van der Waals surface area contributed by atoms with Crippen LogP contribution in [0.25, 0.3) is 0 Å². The number of rotatable bonds is 5. The van der Waals surface area contributed by atoms with Gasteiger partial charge in [-0.1, -0.05) is 36.4 Å². The van der Waals surface area contributed by atoms with Gasteiger partial charge in [0.1, 0.15) is 5.75 Å². The highest BCUT2D eigenvalue weighted by atomic mass is 16.6. The third kappa shape index (κ3) is 3.44. The Balaban J connectivity index is 1.58. The summed E-state index contributed by atoms with van der Waals surface area (Å²) in [6.07, 6.45) is -1.91. The third-order valence-corrected chi connectivity index (χ3v) is 4.38. The Morgan fingerprint density at radius 3 is 2.11 bits per heavy atom. The van der Waals surface area contributed by atoms with E-state index in [1.54, 1.807) is 49.6 Å². The van der Waals surface area contributed by atoms with Gasteiger partial charge in [-0.2, -0.15) is 0 Å². The summed E-state index contributed by atoms with van der Waals surface area (Å²) in [5, 5.41) is 9.56. The average molecular weight is 378 g/mol. The van der Waals surface area contributed by atoms with Crippen LogP contribution in [0.5, 0.6) is 28.7 Å². The molecule has 28 heavy (non-hydrogen) atoms. The summed E-state index contributed by atoms with van der Waals surface area (Å²) in [6, 6.07) is 21.4. The van der Waals surface area contributed by atoms with Gasteiger partial charge in [-0.3, -0.25) is 0 Å². The number of ether oxygens (including phenoxy) is 4. The van der Waals surface area contributed by atoms with Crippen molar-refractivity contribution in [3.05, 3.63) is 78.4 Å². The fourth-order valence-corrected chi connectivity index (χ4v) is 3.02. The van der Waals surface area contributed by atoms with Gasteiger partial charge in [0.25, 0.3) is 0 Å². The zero-order chi connectivity index (χ0) is 19.5. The minimum atomic E-state index is -1.14. The first-order chi connectivity index (χ1) is 13.7. The van der Waals surface area contributed by atoms with E-state index in [2.05, 4.69) is 0 Å². The number of para-hydroxylation sites is 4. The molecule has 0 fully saturated rings. The van der Waals surface area contributed by atoms with Gasteiger partial charge >= 0.3 is 5.97 Å². The van der Waals surface area contributed by atoms with Crippen molar-refractivity contribution in [3.8, 4) is 28.7 Å². The lowest BCUT2D eigenvalue weighted by molar-refractivity contribution is -0.151. The normalized spacial score (nSPS) is 17.6. The Hall–Kier alpha value is -3.67. The van der Waals surface area contributed by atoms with E-state index in [1.807, 2.05) is 30.3 Å². The molecule has 3 aromatic rings. The maximum Gasteiger partial charge on any atom is 0.349 e. The lowest BCUT2D eigenvalue weighted by Crippen LogP contribution is -2.39. The molecule has 6 heteroatoms. The fourth-order valence-electron chi connectivity index (χ4n) is 3.02. The predicted octanol–water partition coefficient (Wildman–Crippen LogP) is 4.45. The summed E-state index contributed by atoms with van der Waals surface area (Å²) in [6.45, 7) is 0. The molecule has 0 aliphatic carbocycles. The van der Waals surface area contributed by atoms with Crippen LogP contribution in [-0.4, -0.2) is 24.3 Å². The molecule has 1 heterocycles. The lowest BCUT2D eigenvalue weighted by Gasteiger charge is -2.31. The molecule has 0 saturated carbocycles. The highest BCUT2D eigenvalue weighted by Gasteiger charge is 2.38. The first-order valence-corrected chi connectivity index (χ1v) is 8.71. The Labute approximate surface area is 161 Å². The second-order valence-corrected chi connectivity index (χ2v) is 6.18. The van der Waals surface area contributed by atoms with Crippen molar-refractivity contribution in [2.75, 3.05) is 7.11 Å². The Morgan fingerprint density at radius 1 is 0.857 bits per heavy atom. The molecule has 1 aliphatic heterocycles. The summed E-state index contributed by atoms with van der Waals surface area (Å²) in [5.41, 5.74) is 0.675. The van der Waals surface area contributed by atoms with E-state index in [0.29, 0.717) is 34.3 Å². The highest BCUT2D eigenvalue weighted by molar-refractivity contribution is 5.75. The van der Waals surface area contributed by atoms with E-state index in [-0.39, 0.29) is 0 Å². The van der Waals surface area contributed by atoms with E-state index in [1.165, 1.54) is 0 Å². The van der Waals surface area contributed by atoms with Crippen LogP contribution in [0.15, 0.2) is 72.8 Å². The van der Waals surface area contributed by atoms with Gasteiger partial charge in [-0.05, 0) is 42.0 Å². The van der Waals surface area contributed by atoms with Crippen LogP contribution in [0.3, 0.4) is 0 Å². The molecule has 0 spiro atoms. The Kier molecular flexibility index (Phi) is 4.76. The van der Waals surface area contributed by atoms with Gasteiger partial charge in [0, 0.05) is 0 Å². The molecule has 0 amide bonds. The number of carbonyl (C=O) groups is 1. The zero-order valence-corrected chi connectivity index (χ0v) is 15.1. The molecule has 0 aromatic heterocycles. The van der Waals surface area contributed by atoms with Gasteiger partial charge in [-0.25, -0.2) is 4.79 Å². The van der Waals surface area contributed by atoms with Gasteiger partial charge in [-0.15, -0.1) is 0 Å². The maximum absolute atomic E-state index is 11.7. The van der Waals surface area contributed by atoms with E-state index < -0.39 is 18.2 Å². The van der Waals surface area contributed by atoms with Crippen molar-refractivity contribution >= 4 is 5.97 Å². The molecule has 1 aliphatic rings. The van der Waals surface area contributed by atoms with Crippen molar-refractivity contribution in [3.63, 3.8) is 0 Å². The Bertz CT molecular complexity index is 982. The van der Waals surface area contributed by atoms with Crippen LogP contribution in [0, 0.1) is 0 Å². The molecule has 3 aromatic carbocycles. The summed E-state index contributed by atoms with van der Waals surface area (Å²) in [7, 11) is 1.58. The van der Waals surface area contributed by atoms with Crippen molar-refractivity contribution in [2.24, 2.45) is 0 Å². The van der Waals surface area contributed by atoms with Gasteiger partial charge in [0.05, 0.1) is 7.11 Å². The summed E-state index contributed by atoms with van der Waals surface area (Å²) >= 11 is 0. The van der Waals surface area contributed by atoms with Crippen molar-refractivity contribution < 1.29 is 28.8 Å². The minimum Gasteiger partial charge on any atom is -0.493 e. The molecule has 0 bridgehead atoms. The van der Waals surface area contributed by atoms with Crippen LogP contribution in [0.1, 0.15) is 11.7 Å². The van der Waals surface area contributed by atoms with E-state index >= 15 is 0 Å². The molecule has 142 valence electrons. The molecule has 1 N–H and O–H groups in total. The maximum atomic E-state index is 11.7. The quantitative estimate of drug-likeness (QED) is 0.707. The Morgan fingerprint density at radius 2 is 1.46 bits per heavy atom. The van der Waals surface area contributed by atoms with Gasteiger partial charge in [0.2, 0.25) is 6.10 Å². The summed E-state index contributed by atoms with van der Waals surface area (Å²) in [5.74, 6) is 1.65.